The molecule has 0 aliphatic carbocycles. The Balaban J connectivity index is 2.18. The van der Waals surface area contributed by atoms with Gasteiger partial charge in [0.1, 0.15) is 11.5 Å². The summed E-state index contributed by atoms with van der Waals surface area (Å²) in [4.78, 5) is 11.8. The smallest absolute Gasteiger partial charge is 0.354 e. The zero-order valence-electron chi connectivity index (χ0n) is 10.6. The summed E-state index contributed by atoms with van der Waals surface area (Å²) in [5, 5.41) is 0. The van der Waals surface area contributed by atoms with Gasteiger partial charge >= 0.3 is 5.97 Å². The molecule has 1 saturated heterocycles. The zero-order chi connectivity index (χ0) is 12.9. The molecule has 3 heterocycles. The fourth-order valence-corrected chi connectivity index (χ4v) is 2.24. The monoisotopic (exact) mass is 249 g/mol. The fraction of sp³-hybridized carbons (Fsp3) is 0.462. The first kappa shape index (κ1) is 11.3. The quantitative estimate of drug-likeness (QED) is 0.617. The van der Waals surface area contributed by atoms with E-state index in [0.717, 1.165) is 29.0 Å². The molecule has 1 aliphatic rings. The van der Waals surface area contributed by atoms with Crippen LogP contribution in [0.5, 0.6) is 0 Å². The normalized spacial score (nSPS) is 18.3. The van der Waals surface area contributed by atoms with Crippen LogP contribution >= 0.6 is 0 Å². The molecule has 1 unspecified atom stereocenters. The average molecular weight is 249 g/mol. The third-order valence-corrected chi connectivity index (χ3v) is 3.39. The molecule has 2 aromatic heterocycles. The van der Waals surface area contributed by atoms with Crippen molar-refractivity contribution in [2.75, 3.05) is 13.7 Å². The number of nitrogens with zero attached hydrogens (tertiary/aromatic N) is 1. The van der Waals surface area contributed by atoms with Gasteiger partial charge in [-0.15, -0.1) is 0 Å². The van der Waals surface area contributed by atoms with E-state index in [0.29, 0.717) is 12.2 Å². The van der Waals surface area contributed by atoms with Crippen molar-refractivity contribution in [3.8, 4) is 0 Å². The van der Waals surface area contributed by atoms with Crippen molar-refractivity contribution in [1.29, 1.82) is 0 Å². The van der Waals surface area contributed by atoms with Crippen LogP contribution in [0.3, 0.4) is 0 Å². The first-order chi connectivity index (χ1) is 8.61. The van der Waals surface area contributed by atoms with Crippen LogP contribution in [0.2, 0.25) is 0 Å². The Morgan fingerprint density at radius 2 is 2.28 bits per heavy atom. The predicted octanol–water partition coefficient (Wildman–Crippen LogP) is 2.04. The van der Waals surface area contributed by atoms with Gasteiger partial charge in [-0.25, -0.2) is 4.79 Å². The number of carbonyl (C=O) groups excluding carboxylic acids is 1. The lowest BCUT2D eigenvalue weighted by Crippen LogP contribution is -2.13. The van der Waals surface area contributed by atoms with Crippen molar-refractivity contribution in [3.63, 3.8) is 0 Å². The number of hydrogen-bond acceptors (Lipinski definition) is 4. The van der Waals surface area contributed by atoms with Crippen molar-refractivity contribution in [2.24, 2.45) is 0 Å². The van der Waals surface area contributed by atoms with Crippen LogP contribution in [-0.2, 0) is 16.0 Å². The molecule has 0 bridgehead atoms. The second-order valence-corrected chi connectivity index (χ2v) is 4.58. The summed E-state index contributed by atoms with van der Waals surface area (Å²) in [6, 6.07) is 1.74. The molecule has 5 nitrogen and oxygen atoms in total. The van der Waals surface area contributed by atoms with Gasteiger partial charge in [-0.3, -0.25) is 0 Å². The Hall–Kier alpha value is -1.75. The summed E-state index contributed by atoms with van der Waals surface area (Å²) in [5.74, 6) is 0.529. The third-order valence-electron chi connectivity index (χ3n) is 3.39. The minimum absolute atomic E-state index is 0.193. The number of esters is 1. The summed E-state index contributed by atoms with van der Waals surface area (Å²) >= 11 is 0. The lowest BCUT2D eigenvalue weighted by Gasteiger charge is -2.07. The van der Waals surface area contributed by atoms with E-state index in [1.54, 1.807) is 6.07 Å². The van der Waals surface area contributed by atoms with Crippen LogP contribution < -0.4 is 0 Å². The van der Waals surface area contributed by atoms with Crippen LogP contribution in [0, 0.1) is 13.8 Å². The molecule has 5 heteroatoms. The molecule has 0 aromatic carbocycles. The number of hydrogen-bond donors (Lipinski definition) is 0. The summed E-state index contributed by atoms with van der Waals surface area (Å²) in [6.45, 7) is 5.32. The summed E-state index contributed by atoms with van der Waals surface area (Å²) < 4.78 is 17.6. The summed E-state index contributed by atoms with van der Waals surface area (Å²) in [6.07, 6.45) is 0.193. The fourth-order valence-electron chi connectivity index (χ4n) is 2.24. The molecule has 1 fully saturated rings. The van der Waals surface area contributed by atoms with Crippen LogP contribution in [0.4, 0.5) is 0 Å². The maximum absolute atomic E-state index is 11.8. The number of methoxy groups -OCH3 is 1. The highest BCUT2D eigenvalue weighted by molar-refractivity contribution is 5.95. The minimum atomic E-state index is -0.348. The first-order valence-electron chi connectivity index (χ1n) is 5.91. The van der Waals surface area contributed by atoms with Gasteiger partial charge in [0.2, 0.25) is 0 Å². The van der Waals surface area contributed by atoms with E-state index in [1.165, 1.54) is 7.11 Å². The highest BCUT2D eigenvalue weighted by Gasteiger charge is 2.28. The molecular formula is C13H15NO4. The highest BCUT2D eigenvalue weighted by Crippen LogP contribution is 2.30. The lowest BCUT2D eigenvalue weighted by molar-refractivity contribution is 0.0588. The zero-order valence-corrected chi connectivity index (χ0v) is 10.6. The molecule has 1 atom stereocenters. The summed E-state index contributed by atoms with van der Waals surface area (Å²) in [5.41, 5.74) is 3.26. The molecule has 1 aliphatic heterocycles. The topological polar surface area (TPSA) is 56.9 Å². The lowest BCUT2D eigenvalue weighted by atomic mass is 10.2. The van der Waals surface area contributed by atoms with E-state index in [9.17, 15) is 4.79 Å². The van der Waals surface area contributed by atoms with Gasteiger partial charge in [0.15, 0.2) is 5.58 Å². The van der Waals surface area contributed by atoms with Gasteiger partial charge in [-0.2, -0.15) is 0 Å². The molecule has 18 heavy (non-hydrogen) atoms. The number of furan rings is 1. The van der Waals surface area contributed by atoms with E-state index in [2.05, 4.69) is 0 Å². The van der Waals surface area contributed by atoms with Gasteiger partial charge in [0.25, 0.3) is 0 Å². The van der Waals surface area contributed by atoms with Gasteiger partial charge in [0, 0.05) is 11.6 Å². The second kappa shape index (κ2) is 3.88. The van der Waals surface area contributed by atoms with E-state index >= 15 is 0 Å². The van der Waals surface area contributed by atoms with Crippen molar-refractivity contribution >= 4 is 17.1 Å². The van der Waals surface area contributed by atoms with Crippen LogP contribution in [-0.4, -0.2) is 30.4 Å². The predicted molar refractivity (Wildman–Crippen MR) is 64.8 cm³/mol. The van der Waals surface area contributed by atoms with Crippen molar-refractivity contribution < 1.29 is 18.7 Å². The molecule has 3 rings (SSSR count). The number of rotatable bonds is 3. The highest BCUT2D eigenvalue weighted by atomic mass is 16.6. The molecule has 96 valence electrons. The van der Waals surface area contributed by atoms with E-state index in [-0.39, 0.29) is 12.1 Å². The van der Waals surface area contributed by atoms with Gasteiger partial charge < -0.3 is 18.5 Å². The Morgan fingerprint density at radius 1 is 1.56 bits per heavy atom. The molecule has 0 spiro atoms. The third kappa shape index (κ3) is 1.62. The summed E-state index contributed by atoms with van der Waals surface area (Å²) in [7, 11) is 1.38. The van der Waals surface area contributed by atoms with Crippen molar-refractivity contribution in [3.05, 3.63) is 23.1 Å². The van der Waals surface area contributed by atoms with Crippen LogP contribution in [0.25, 0.3) is 11.1 Å². The molecule has 0 saturated carbocycles. The Bertz CT molecular complexity index is 618. The molecular weight excluding hydrogens is 234 g/mol. The largest absolute Gasteiger partial charge is 0.464 e. The van der Waals surface area contributed by atoms with Crippen LogP contribution in [0.15, 0.2) is 10.5 Å². The first-order valence-corrected chi connectivity index (χ1v) is 5.91. The number of epoxide rings is 1. The van der Waals surface area contributed by atoms with E-state index < -0.39 is 0 Å². The number of fused-ring (bicyclic) bond motifs is 1. The molecule has 0 N–H and O–H groups in total. The standard InChI is InChI=1S/C13H15NO4/c1-7-8(2)18-11-4-10(13(15)16-3)14(12(7)11)5-9-6-17-9/h4,9H,5-6H2,1-3H3. The number of aryl methyl sites for hydroxylation is 2. The number of aromatic nitrogens is 1. The minimum Gasteiger partial charge on any atom is -0.464 e. The van der Waals surface area contributed by atoms with Crippen LogP contribution in [0.1, 0.15) is 21.8 Å². The molecule has 0 amide bonds. The number of ether oxygens (including phenoxy) is 2. The molecule has 0 radical (unpaired) electrons. The van der Waals surface area contributed by atoms with Gasteiger partial charge in [-0.05, 0) is 13.8 Å². The Kier molecular flexibility index (Phi) is 2.45. The van der Waals surface area contributed by atoms with Gasteiger partial charge in [0.05, 0.1) is 31.9 Å². The average Bonchev–Trinajstić information content (AvgIpc) is 3.04. The second-order valence-electron chi connectivity index (χ2n) is 4.58. The Labute approximate surface area is 104 Å². The van der Waals surface area contributed by atoms with E-state index in [1.807, 2.05) is 18.4 Å². The van der Waals surface area contributed by atoms with Gasteiger partial charge in [-0.1, -0.05) is 0 Å². The van der Waals surface area contributed by atoms with Crippen molar-refractivity contribution in [2.45, 2.75) is 26.5 Å². The number of carbonyl (C=O) groups is 1. The Morgan fingerprint density at radius 3 is 2.89 bits per heavy atom. The maximum atomic E-state index is 11.8. The SMILES string of the molecule is COC(=O)c1cc2oc(C)c(C)c2n1CC1CO1. The molecule has 2 aromatic rings. The maximum Gasteiger partial charge on any atom is 0.354 e. The van der Waals surface area contributed by atoms with E-state index in [4.69, 9.17) is 13.9 Å². The van der Waals surface area contributed by atoms with Crippen molar-refractivity contribution in [1.82, 2.24) is 4.57 Å².